The molecule has 2 unspecified atom stereocenters. The van der Waals surface area contributed by atoms with E-state index in [-0.39, 0.29) is 28.8 Å². The standard InChI is InChI=1S/C25H28I2O5/c26-21-19(28)9-7-15(24(21)31)17(11-13-3-1-4-13)23(30)18(12-14-5-2-6-14)16-8-10-20(29)22(27)25(16)32/h7-10,13-14,17-18,28-29,31-32H,1-6,11-12H2. The van der Waals surface area contributed by atoms with Crippen molar-refractivity contribution in [2.24, 2.45) is 11.8 Å². The molecule has 5 nitrogen and oxygen atoms in total. The van der Waals surface area contributed by atoms with Crippen molar-refractivity contribution in [2.75, 3.05) is 0 Å². The number of rotatable bonds is 8. The highest BCUT2D eigenvalue weighted by atomic mass is 127. The number of phenols is 4. The zero-order chi connectivity index (χ0) is 23.0. The number of carbonyl (C=O) groups excluding carboxylic acids is 1. The van der Waals surface area contributed by atoms with Crippen LogP contribution in [0, 0.1) is 19.0 Å². The van der Waals surface area contributed by atoms with Crippen molar-refractivity contribution in [1.82, 2.24) is 0 Å². The lowest BCUT2D eigenvalue weighted by Gasteiger charge is -2.34. The van der Waals surface area contributed by atoms with Crippen LogP contribution in [0.3, 0.4) is 0 Å². The quantitative estimate of drug-likeness (QED) is 0.241. The Morgan fingerprint density at radius 3 is 1.44 bits per heavy atom. The Labute approximate surface area is 215 Å². The third-order valence-electron chi connectivity index (χ3n) is 7.28. The maximum atomic E-state index is 14.1. The molecule has 2 fully saturated rings. The van der Waals surface area contributed by atoms with Crippen molar-refractivity contribution in [2.45, 2.75) is 63.2 Å². The molecule has 4 rings (SSSR count). The summed E-state index contributed by atoms with van der Waals surface area (Å²) in [5.41, 5.74) is 1.10. The Morgan fingerprint density at radius 2 is 1.12 bits per heavy atom. The first-order chi connectivity index (χ1) is 15.3. The number of hydrogen-bond acceptors (Lipinski definition) is 5. The molecule has 2 saturated carbocycles. The summed E-state index contributed by atoms with van der Waals surface area (Å²) >= 11 is 3.81. The molecule has 2 atom stereocenters. The predicted molar refractivity (Wildman–Crippen MR) is 139 cm³/mol. The summed E-state index contributed by atoms with van der Waals surface area (Å²) < 4.78 is 0.702. The van der Waals surface area contributed by atoms with Gasteiger partial charge in [-0.1, -0.05) is 50.7 Å². The van der Waals surface area contributed by atoms with Gasteiger partial charge in [-0.3, -0.25) is 4.79 Å². The van der Waals surface area contributed by atoms with Gasteiger partial charge in [-0.2, -0.15) is 0 Å². The summed E-state index contributed by atoms with van der Waals surface area (Å²) in [4.78, 5) is 14.1. The lowest BCUT2D eigenvalue weighted by molar-refractivity contribution is -0.123. The van der Waals surface area contributed by atoms with Crippen molar-refractivity contribution in [1.29, 1.82) is 0 Å². The summed E-state index contributed by atoms with van der Waals surface area (Å²) in [6.07, 6.45) is 7.95. The molecule has 0 saturated heterocycles. The van der Waals surface area contributed by atoms with Gasteiger partial charge in [0.15, 0.2) is 0 Å². The van der Waals surface area contributed by atoms with Crippen molar-refractivity contribution < 1.29 is 25.2 Å². The van der Waals surface area contributed by atoms with Gasteiger partial charge >= 0.3 is 0 Å². The van der Waals surface area contributed by atoms with Gasteiger partial charge in [0.2, 0.25) is 0 Å². The SMILES string of the molecule is O=C(C(CC1CCC1)c1ccc(O)c(I)c1O)C(CC1CCC1)c1ccc(O)c(I)c1O. The largest absolute Gasteiger partial charge is 0.507 e. The summed E-state index contributed by atoms with van der Waals surface area (Å²) in [7, 11) is 0. The summed E-state index contributed by atoms with van der Waals surface area (Å²) in [6, 6.07) is 6.41. The number of carbonyl (C=O) groups is 1. The van der Waals surface area contributed by atoms with Gasteiger partial charge in [-0.25, -0.2) is 0 Å². The molecule has 2 aliphatic rings. The zero-order valence-corrected chi connectivity index (χ0v) is 22.0. The molecule has 0 aromatic heterocycles. The van der Waals surface area contributed by atoms with Crippen LogP contribution in [-0.2, 0) is 4.79 Å². The Balaban J connectivity index is 1.76. The van der Waals surface area contributed by atoms with E-state index >= 15 is 0 Å². The van der Waals surface area contributed by atoms with E-state index in [9.17, 15) is 25.2 Å². The monoisotopic (exact) mass is 662 g/mol. The van der Waals surface area contributed by atoms with Gasteiger partial charge in [-0.15, -0.1) is 0 Å². The number of halogens is 2. The van der Waals surface area contributed by atoms with Crippen LogP contribution >= 0.6 is 45.2 Å². The summed E-state index contributed by atoms with van der Waals surface area (Å²) in [6.45, 7) is 0. The summed E-state index contributed by atoms with van der Waals surface area (Å²) in [5, 5.41) is 41.7. The average molecular weight is 662 g/mol. The second-order valence-electron chi connectivity index (χ2n) is 9.25. The fraction of sp³-hybridized carbons (Fsp3) is 0.480. The molecule has 172 valence electrons. The van der Waals surface area contributed by atoms with Gasteiger partial charge in [0.05, 0.1) is 7.14 Å². The maximum absolute atomic E-state index is 14.1. The zero-order valence-electron chi connectivity index (χ0n) is 17.7. The van der Waals surface area contributed by atoms with Crippen LogP contribution in [0.25, 0.3) is 0 Å². The first-order valence-electron chi connectivity index (χ1n) is 11.2. The number of Topliss-reactive ketones (excluding diaryl/α,β-unsaturated/α-hetero) is 1. The van der Waals surface area contributed by atoms with E-state index in [0.29, 0.717) is 42.9 Å². The third-order valence-corrected chi connectivity index (χ3v) is 9.41. The molecular weight excluding hydrogens is 634 g/mol. The molecule has 32 heavy (non-hydrogen) atoms. The van der Waals surface area contributed by atoms with E-state index in [2.05, 4.69) is 0 Å². The van der Waals surface area contributed by atoms with E-state index in [1.165, 1.54) is 0 Å². The molecule has 2 aromatic rings. The molecule has 0 aliphatic heterocycles. The molecule has 7 heteroatoms. The Hall–Kier alpha value is -1.23. The highest BCUT2D eigenvalue weighted by Gasteiger charge is 2.38. The molecule has 2 aromatic carbocycles. The van der Waals surface area contributed by atoms with E-state index < -0.39 is 11.8 Å². The van der Waals surface area contributed by atoms with E-state index in [0.717, 1.165) is 38.5 Å². The number of ketones is 1. The first kappa shape index (κ1) is 23.9. The van der Waals surface area contributed by atoms with Crippen LogP contribution in [0.2, 0.25) is 0 Å². The van der Waals surface area contributed by atoms with Crippen LogP contribution in [0.5, 0.6) is 23.0 Å². The Kier molecular flexibility index (Phi) is 7.43. The fourth-order valence-electron chi connectivity index (χ4n) is 4.86. The molecule has 0 spiro atoms. The minimum atomic E-state index is -0.509. The Bertz CT molecular complexity index is 934. The third kappa shape index (κ3) is 4.69. The van der Waals surface area contributed by atoms with Crippen LogP contribution < -0.4 is 0 Å². The van der Waals surface area contributed by atoms with Crippen molar-refractivity contribution in [3.05, 3.63) is 42.5 Å². The van der Waals surface area contributed by atoms with Crippen LogP contribution in [0.1, 0.15) is 74.3 Å². The van der Waals surface area contributed by atoms with Gasteiger partial charge in [0, 0.05) is 23.0 Å². The van der Waals surface area contributed by atoms with Gasteiger partial charge in [0.25, 0.3) is 0 Å². The molecule has 0 heterocycles. The van der Waals surface area contributed by atoms with Crippen molar-refractivity contribution >= 4 is 51.0 Å². The van der Waals surface area contributed by atoms with Gasteiger partial charge < -0.3 is 20.4 Å². The van der Waals surface area contributed by atoms with E-state index in [1.54, 1.807) is 24.3 Å². The smallest absolute Gasteiger partial charge is 0.148 e. The van der Waals surface area contributed by atoms with Gasteiger partial charge in [-0.05, 0) is 82.0 Å². The Morgan fingerprint density at radius 1 is 0.750 bits per heavy atom. The number of benzene rings is 2. The number of phenolic OH excluding ortho intramolecular Hbond substituents is 4. The van der Waals surface area contributed by atoms with E-state index in [4.69, 9.17) is 0 Å². The molecular formula is C25H28I2O5. The van der Waals surface area contributed by atoms with E-state index in [1.807, 2.05) is 45.2 Å². The molecule has 0 amide bonds. The van der Waals surface area contributed by atoms with Crippen LogP contribution in [0.4, 0.5) is 0 Å². The minimum Gasteiger partial charge on any atom is -0.507 e. The maximum Gasteiger partial charge on any atom is 0.148 e. The average Bonchev–Trinajstić information content (AvgIpc) is 2.70. The topological polar surface area (TPSA) is 98.0 Å². The van der Waals surface area contributed by atoms with Crippen molar-refractivity contribution in [3.8, 4) is 23.0 Å². The second-order valence-corrected chi connectivity index (χ2v) is 11.4. The highest BCUT2D eigenvalue weighted by molar-refractivity contribution is 14.1. The molecule has 0 radical (unpaired) electrons. The normalized spacial score (nSPS) is 18.6. The van der Waals surface area contributed by atoms with Gasteiger partial charge in [0.1, 0.15) is 28.8 Å². The second kappa shape index (κ2) is 9.95. The predicted octanol–water partition coefficient (Wildman–Crippen LogP) is 6.54. The lowest BCUT2D eigenvalue weighted by atomic mass is 9.70. The lowest BCUT2D eigenvalue weighted by Crippen LogP contribution is -2.28. The molecule has 4 N–H and O–H groups in total. The van der Waals surface area contributed by atoms with Crippen molar-refractivity contribution in [3.63, 3.8) is 0 Å². The fourth-order valence-corrected chi connectivity index (χ4v) is 5.84. The number of hydrogen-bond donors (Lipinski definition) is 4. The highest BCUT2D eigenvalue weighted by Crippen LogP contribution is 2.48. The van der Waals surface area contributed by atoms with Crippen LogP contribution in [0.15, 0.2) is 24.3 Å². The van der Waals surface area contributed by atoms with Crippen LogP contribution in [-0.4, -0.2) is 26.2 Å². The minimum absolute atomic E-state index is 0.00144. The molecule has 2 aliphatic carbocycles. The summed E-state index contributed by atoms with van der Waals surface area (Å²) in [5.74, 6) is -0.212. The molecule has 0 bridgehead atoms. The number of aromatic hydroxyl groups is 4. The first-order valence-corrected chi connectivity index (χ1v) is 13.4.